The first-order valence-electron chi connectivity index (χ1n) is 27.8. The predicted molar refractivity (Wildman–Crippen MR) is 311 cm³/mol. The van der Waals surface area contributed by atoms with Gasteiger partial charge in [-0.05, 0) is 109 Å². The first kappa shape index (κ1) is 59.3. The number of hydrogen-bond acceptors (Lipinski definition) is 15. The Bertz CT molecular complexity index is 2880. The van der Waals surface area contributed by atoms with Gasteiger partial charge in [0.2, 0.25) is 23.7 Å². The summed E-state index contributed by atoms with van der Waals surface area (Å²) in [6.07, 6.45) is 4.61. The summed E-state index contributed by atoms with van der Waals surface area (Å²) < 4.78 is 23.6. The summed E-state index contributed by atoms with van der Waals surface area (Å²) >= 11 is 6.42. The van der Waals surface area contributed by atoms with E-state index >= 15 is 0 Å². The molecule has 1 aliphatic carbocycles. The monoisotopic (exact) mass is 1120 g/mol. The minimum Gasteiger partial charge on any atom is -0.491 e. The molecular formula is C60H78ClN11O8. The van der Waals surface area contributed by atoms with E-state index in [1.54, 1.807) is 44.1 Å². The van der Waals surface area contributed by atoms with Gasteiger partial charge in [-0.25, -0.2) is 4.98 Å². The van der Waals surface area contributed by atoms with E-state index in [4.69, 9.17) is 30.5 Å². The van der Waals surface area contributed by atoms with Crippen molar-refractivity contribution in [2.24, 2.45) is 5.41 Å². The molecule has 4 amide bonds. The van der Waals surface area contributed by atoms with E-state index < -0.39 is 23.5 Å². The Balaban J connectivity index is 0.714. The number of aryl methyl sites for hydroxylation is 1. The molecule has 0 unspecified atom stereocenters. The lowest BCUT2D eigenvalue weighted by molar-refractivity contribution is -0.147. The van der Waals surface area contributed by atoms with Crippen molar-refractivity contribution >= 4 is 64.1 Å². The second kappa shape index (κ2) is 28.5. The number of piperazine rings is 1. The fourth-order valence-electron chi connectivity index (χ4n) is 10.1. The second-order valence-corrected chi connectivity index (χ2v) is 21.8. The molecule has 5 aromatic rings. The van der Waals surface area contributed by atoms with Crippen molar-refractivity contribution in [3.8, 4) is 5.75 Å². The number of rotatable bonds is 25. The average Bonchev–Trinajstić information content (AvgIpc) is 3.51. The third kappa shape index (κ3) is 15.9. The highest BCUT2D eigenvalue weighted by Gasteiger charge is 2.43. The number of amides is 4. The van der Waals surface area contributed by atoms with Gasteiger partial charge in [-0.15, -0.1) is 0 Å². The Hall–Kier alpha value is -6.87. The quantitative estimate of drug-likeness (QED) is 0.0331. The number of hydrogen-bond donors (Lipinski definition) is 6. The summed E-state index contributed by atoms with van der Waals surface area (Å²) in [7, 11) is 3.29. The van der Waals surface area contributed by atoms with Crippen LogP contribution >= 0.6 is 11.6 Å². The number of fused-ring (bicyclic) bond motifs is 2. The van der Waals surface area contributed by atoms with Crippen molar-refractivity contribution < 1.29 is 38.1 Å². The van der Waals surface area contributed by atoms with Crippen LogP contribution in [0.5, 0.6) is 5.75 Å². The van der Waals surface area contributed by atoms with Gasteiger partial charge < -0.3 is 60.6 Å². The Morgan fingerprint density at radius 2 is 1.49 bits per heavy atom. The van der Waals surface area contributed by atoms with Crippen LogP contribution < -0.4 is 41.5 Å². The SMILES string of the molecule is CNC(=O)c1ccccc1Nc1nc(Nc2ccc(N3CCN(CCOCCOCCOCCOc4ccc5c(c4)CN(C(=O)[C@@H](NC(=O)[C@H](C)NC)C(C)(C)C)[C@H](C(=O)N[C@@H]4CCCc6ccccc64)C5)CC3)cc2)ncc1Cl. The van der Waals surface area contributed by atoms with Crippen LogP contribution in [-0.2, 0) is 48.0 Å². The number of anilines is 5. The lowest BCUT2D eigenvalue weighted by Gasteiger charge is -2.41. The summed E-state index contributed by atoms with van der Waals surface area (Å²) in [5, 5.41) is 18.7. The van der Waals surface area contributed by atoms with Crippen molar-refractivity contribution in [1.82, 2.24) is 41.0 Å². The fraction of sp³-hybridized carbons (Fsp3) is 0.467. The first-order chi connectivity index (χ1) is 38.7. The number of carbonyl (C=O) groups excluding carboxylic acids is 4. The molecule has 1 fully saturated rings. The van der Waals surface area contributed by atoms with E-state index in [-0.39, 0.29) is 36.2 Å². The molecule has 6 N–H and O–H groups in total. The molecule has 2 aliphatic heterocycles. The zero-order valence-electron chi connectivity index (χ0n) is 46.9. The van der Waals surface area contributed by atoms with E-state index in [2.05, 4.69) is 75.9 Å². The normalized spacial score (nSPS) is 17.1. The Labute approximate surface area is 475 Å². The average molecular weight is 1120 g/mol. The van der Waals surface area contributed by atoms with Gasteiger partial charge >= 0.3 is 0 Å². The summed E-state index contributed by atoms with van der Waals surface area (Å²) in [5.41, 5.74) is 6.60. The molecule has 0 saturated carbocycles. The molecule has 3 aliphatic rings. The van der Waals surface area contributed by atoms with Crippen LogP contribution in [-0.4, -0.2) is 155 Å². The van der Waals surface area contributed by atoms with Crippen molar-refractivity contribution in [1.29, 1.82) is 0 Å². The molecule has 3 heterocycles. The summed E-state index contributed by atoms with van der Waals surface area (Å²) in [5.74, 6) is 0.360. The van der Waals surface area contributed by atoms with Crippen LogP contribution in [0, 0.1) is 5.41 Å². The first-order valence-corrected chi connectivity index (χ1v) is 28.2. The largest absolute Gasteiger partial charge is 0.491 e. The van der Waals surface area contributed by atoms with Gasteiger partial charge in [0.25, 0.3) is 5.91 Å². The number of ether oxygens (including phenoxy) is 4. The third-order valence-electron chi connectivity index (χ3n) is 14.9. The maximum absolute atomic E-state index is 14.7. The molecule has 4 aromatic carbocycles. The molecule has 0 spiro atoms. The number of carbonyl (C=O) groups is 4. The van der Waals surface area contributed by atoms with Gasteiger partial charge in [0.15, 0.2) is 5.82 Å². The van der Waals surface area contributed by atoms with Crippen LogP contribution in [0.1, 0.15) is 79.2 Å². The predicted octanol–water partition coefficient (Wildman–Crippen LogP) is 6.81. The number of para-hydroxylation sites is 1. The van der Waals surface area contributed by atoms with Gasteiger partial charge in [0.05, 0.1) is 69.2 Å². The molecule has 1 saturated heterocycles. The standard InChI is InChI=1S/C60H78ClN11O8/c1-40(62-5)55(73)68-53(60(2,3)4)58(76)72-39-43-36-46(23-18-42(43)37-52(72)57(75)67-50-17-11-13-41-12-7-8-14-47(41)50)80-35-34-79-33-32-78-31-30-77-29-28-70-24-26-71(27-25-70)45-21-19-44(20-22-45)65-59-64-38-49(61)54(69-59)66-51-16-10-9-15-48(51)56(74)63-6/h7-10,12,14-16,18-23,36,38,40,50,52-53,62H,11,13,17,24-35,37,39H2,1-6H3,(H,63,74)(H,67,75)(H,68,73)(H2,64,65,66,69)/t40-,50+,52-,53+/m0/s1. The van der Waals surface area contributed by atoms with Gasteiger partial charge in [-0.2, -0.15) is 4.98 Å². The molecule has 4 atom stereocenters. The van der Waals surface area contributed by atoms with Gasteiger partial charge in [-0.1, -0.05) is 74.8 Å². The van der Waals surface area contributed by atoms with Gasteiger partial charge in [0, 0.05) is 64.1 Å². The Morgan fingerprint density at radius 3 is 2.21 bits per heavy atom. The minimum absolute atomic E-state index is 0.145. The van der Waals surface area contributed by atoms with Crippen molar-refractivity contribution in [2.75, 3.05) is 109 Å². The van der Waals surface area contributed by atoms with Gasteiger partial charge in [-0.3, -0.25) is 24.1 Å². The van der Waals surface area contributed by atoms with Crippen molar-refractivity contribution in [3.63, 3.8) is 0 Å². The maximum atomic E-state index is 14.7. The molecule has 1 aromatic heterocycles. The summed E-state index contributed by atoms with van der Waals surface area (Å²) in [4.78, 5) is 70.0. The molecule has 8 rings (SSSR count). The number of benzene rings is 4. The van der Waals surface area contributed by atoms with Gasteiger partial charge in [0.1, 0.15) is 29.5 Å². The van der Waals surface area contributed by atoms with Crippen molar-refractivity contribution in [2.45, 2.75) is 84.1 Å². The summed E-state index contributed by atoms with van der Waals surface area (Å²) in [6.45, 7) is 15.3. The zero-order chi connectivity index (χ0) is 56.6. The topological polar surface area (TPSA) is 213 Å². The molecule has 428 valence electrons. The van der Waals surface area contributed by atoms with Crippen LogP contribution in [0.4, 0.5) is 28.8 Å². The van der Waals surface area contributed by atoms with E-state index in [0.717, 1.165) is 80.1 Å². The maximum Gasteiger partial charge on any atom is 0.253 e. The number of likely N-dealkylation sites (N-methyl/N-ethyl adjacent to an activating group) is 1. The van der Waals surface area contributed by atoms with E-state index in [1.165, 1.54) is 11.8 Å². The highest BCUT2D eigenvalue weighted by molar-refractivity contribution is 6.33. The van der Waals surface area contributed by atoms with E-state index in [0.29, 0.717) is 86.5 Å². The van der Waals surface area contributed by atoms with Crippen molar-refractivity contribution in [3.05, 3.63) is 130 Å². The molecule has 0 bridgehead atoms. The molecular weight excluding hydrogens is 1040 g/mol. The van der Waals surface area contributed by atoms with Crippen LogP contribution in [0.25, 0.3) is 0 Å². The Kier molecular flexibility index (Phi) is 21.1. The second-order valence-electron chi connectivity index (χ2n) is 21.4. The number of nitrogens with zero attached hydrogens (tertiary/aromatic N) is 5. The lowest BCUT2D eigenvalue weighted by Crippen LogP contribution is -2.62. The van der Waals surface area contributed by atoms with E-state index in [9.17, 15) is 19.2 Å². The highest BCUT2D eigenvalue weighted by atomic mass is 35.5. The van der Waals surface area contributed by atoms with Crippen LogP contribution in [0.3, 0.4) is 0 Å². The molecule has 80 heavy (non-hydrogen) atoms. The number of halogens is 1. The third-order valence-corrected chi connectivity index (χ3v) is 15.1. The smallest absolute Gasteiger partial charge is 0.253 e. The molecule has 19 nitrogen and oxygen atoms in total. The fourth-order valence-corrected chi connectivity index (χ4v) is 10.3. The highest BCUT2D eigenvalue weighted by Crippen LogP contribution is 2.34. The number of nitrogens with one attached hydrogen (secondary N) is 6. The molecule has 0 radical (unpaired) electrons. The molecule has 20 heteroatoms. The zero-order valence-corrected chi connectivity index (χ0v) is 47.7. The number of aromatic nitrogens is 2. The van der Waals surface area contributed by atoms with E-state index in [1.807, 2.05) is 69.3 Å². The summed E-state index contributed by atoms with van der Waals surface area (Å²) in [6, 6.07) is 27.1. The lowest BCUT2D eigenvalue weighted by atomic mass is 9.83. The van der Waals surface area contributed by atoms with Crippen LogP contribution in [0.2, 0.25) is 5.02 Å². The minimum atomic E-state index is -0.872. The Morgan fingerprint density at radius 1 is 0.787 bits per heavy atom. The van der Waals surface area contributed by atoms with Crippen LogP contribution in [0.15, 0.2) is 97.2 Å².